The number of ketones is 2. The third-order valence-corrected chi connectivity index (χ3v) is 30.1. The number of allylic oxidation sites excluding steroid dienone is 3. The fourth-order valence-corrected chi connectivity index (χ4v) is 23.7. The van der Waals surface area contributed by atoms with E-state index in [1.807, 2.05) is 146 Å². The van der Waals surface area contributed by atoms with E-state index in [1.54, 1.807) is 18.2 Å². The molecule has 0 saturated carbocycles. The Balaban J connectivity index is 0.000000127. The predicted molar refractivity (Wildman–Crippen MR) is 509 cm³/mol. The molecular weight excluding hydrogens is 1840 g/mol. The number of nitrogens with one attached hydrogen (secondary N) is 1. The van der Waals surface area contributed by atoms with Crippen LogP contribution in [0, 0.1) is 76.1 Å². The van der Waals surface area contributed by atoms with Gasteiger partial charge in [0.2, 0.25) is 17.7 Å². The molecule has 0 saturated heterocycles. The lowest BCUT2D eigenvalue weighted by Gasteiger charge is -2.45. The number of halogens is 8. The zero-order valence-electron chi connectivity index (χ0n) is 74.0. The second-order valence-electron chi connectivity index (χ2n) is 32.7. The summed E-state index contributed by atoms with van der Waals surface area (Å²) in [6.07, 6.45) is 10.1. The molecule has 10 heterocycles. The largest absolute Gasteiger partial charge is 0.493 e. The van der Waals surface area contributed by atoms with Gasteiger partial charge in [-0.05, 0) is 166 Å². The highest BCUT2D eigenvalue weighted by molar-refractivity contribution is 8.16. The Morgan fingerprint density at radius 3 is 1.12 bits per heavy atom. The highest BCUT2D eigenvalue weighted by Gasteiger charge is 2.60. The van der Waals surface area contributed by atoms with E-state index < -0.39 is 66.0 Å². The molecule has 0 fully saturated rings. The van der Waals surface area contributed by atoms with Gasteiger partial charge in [0, 0.05) is 109 Å². The topological polar surface area (TPSA) is 252 Å². The molecule has 3 amide bonds. The molecule has 0 aromatic heterocycles. The maximum atomic E-state index is 14.5. The van der Waals surface area contributed by atoms with Crippen molar-refractivity contribution >= 4 is 96.5 Å². The van der Waals surface area contributed by atoms with Crippen LogP contribution in [-0.4, -0.2) is 128 Å². The Bertz CT molecular complexity index is 6220. The number of amides is 3. The number of aliphatic hydroxyl groups is 2. The van der Waals surface area contributed by atoms with Crippen LogP contribution in [0.2, 0.25) is 0 Å². The molecule has 704 valence electrons. The Morgan fingerprint density at radius 2 is 0.728 bits per heavy atom. The summed E-state index contributed by atoms with van der Waals surface area (Å²) in [5.41, 5.74) is 8.09. The van der Waals surface area contributed by atoms with Crippen molar-refractivity contribution in [3.05, 3.63) is 359 Å². The number of hydrogen-bond donors (Lipinski definition) is 3. The molecule has 0 aliphatic carbocycles. The number of thioether (sulfide) groups is 4. The average Bonchev–Trinajstić information content (AvgIpc) is 1.56. The fraction of sp³-hybridized carbons (Fsp3) is 0.272. The summed E-state index contributed by atoms with van der Waals surface area (Å²) in [7, 11) is 0. The van der Waals surface area contributed by atoms with E-state index in [1.165, 1.54) is 88.9 Å². The number of carbonyl (C=O) groups is 5. The van der Waals surface area contributed by atoms with Gasteiger partial charge < -0.3 is 38.6 Å². The summed E-state index contributed by atoms with van der Waals surface area (Å²) in [5.74, 6) is -1.49. The molecule has 3 N–H and O–H groups in total. The van der Waals surface area contributed by atoms with Crippen LogP contribution in [0.1, 0.15) is 137 Å². The van der Waals surface area contributed by atoms with Gasteiger partial charge in [-0.2, -0.15) is 20.4 Å². The van der Waals surface area contributed by atoms with E-state index in [-0.39, 0.29) is 109 Å². The number of para-hydroxylation sites is 6. The molecular formula is C103H94F8N8O13S4. The van der Waals surface area contributed by atoms with Crippen molar-refractivity contribution in [1.82, 2.24) is 20.5 Å². The van der Waals surface area contributed by atoms with E-state index in [0.717, 1.165) is 106 Å². The van der Waals surface area contributed by atoms with Crippen molar-refractivity contribution in [1.29, 1.82) is 0 Å². The van der Waals surface area contributed by atoms with Crippen molar-refractivity contribution in [2.75, 3.05) is 52.9 Å². The maximum absolute atomic E-state index is 14.5. The fourth-order valence-electron chi connectivity index (χ4n) is 17.7. The lowest BCUT2D eigenvalue weighted by molar-refractivity contribution is -0.135. The van der Waals surface area contributed by atoms with Crippen LogP contribution in [0.4, 0.5) is 35.1 Å². The van der Waals surface area contributed by atoms with Crippen LogP contribution in [0.15, 0.2) is 277 Å². The second-order valence-corrected chi connectivity index (χ2v) is 37.5. The summed E-state index contributed by atoms with van der Waals surface area (Å²) in [5, 5.41) is 41.6. The smallest absolute Gasteiger partial charge is 0.241 e. The molecule has 20 rings (SSSR count). The molecule has 9 atom stereocenters. The molecule has 10 aliphatic heterocycles. The van der Waals surface area contributed by atoms with Gasteiger partial charge in [-0.15, -0.1) is 19.7 Å². The number of benzene rings is 10. The number of carbonyl (C=O) groups excluding carboxylic acids is 5. The van der Waals surface area contributed by atoms with Crippen molar-refractivity contribution < 1.29 is 97.7 Å². The van der Waals surface area contributed by atoms with Gasteiger partial charge in [0.05, 0.1) is 56.7 Å². The van der Waals surface area contributed by atoms with Crippen LogP contribution in [0.5, 0.6) is 34.5 Å². The number of nitrogens with zero attached hydrogens (tertiary/aromatic N) is 7. The first-order valence-corrected chi connectivity index (χ1v) is 47.1. The number of fused-ring (bicyclic) bond motifs is 10. The number of hydrogen-bond acceptors (Lipinski definition) is 22. The minimum Gasteiger partial charge on any atom is -0.493 e. The van der Waals surface area contributed by atoms with E-state index >= 15 is 0 Å². The molecule has 0 radical (unpaired) electrons. The summed E-state index contributed by atoms with van der Waals surface area (Å²) < 4.78 is 147. The zero-order valence-corrected chi connectivity index (χ0v) is 77.3. The van der Waals surface area contributed by atoms with E-state index in [0.29, 0.717) is 125 Å². The zero-order chi connectivity index (χ0) is 96.2. The third kappa shape index (κ3) is 19.8. The van der Waals surface area contributed by atoms with Gasteiger partial charge in [0.15, 0.2) is 26.2 Å². The maximum Gasteiger partial charge on any atom is 0.241 e. The van der Waals surface area contributed by atoms with E-state index in [9.17, 15) is 69.3 Å². The lowest BCUT2D eigenvalue weighted by atomic mass is 9.86. The molecule has 136 heavy (non-hydrogen) atoms. The van der Waals surface area contributed by atoms with Crippen LogP contribution >= 0.6 is 47.0 Å². The summed E-state index contributed by atoms with van der Waals surface area (Å²) >= 11 is 5.13. The Hall–Kier alpha value is -12.8. The number of rotatable bonds is 16. The Morgan fingerprint density at radius 1 is 0.397 bits per heavy atom. The summed E-state index contributed by atoms with van der Waals surface area (Å²) in [6, 6.07) is 57.6. The average molecular weight is 1930 g/mol. The number of aliphatic hydroxyl groups excluding tert-OH is 2. The van der Waals surface area contributed by atoms with Gasteiger partial charge in [0.25, 0.3) is 0 Å². The van der Waals surface area contributed by atoms with E-state index in [4.69, 9.17) is 28.4 Å². The minimum atomic E-state index is -0.954. The molecule has 7 unspecified atom stereocenters. The molecule has 10 aromatic carbocycles. The van der Waals surface area contributed by atoms with E-state index in [2.05, 4.69) is 45.6 Å². The molecule has 4 spiro atoms. The van der Waals surface area contributed by atoms with Crippen LogP contribution in [0.3, 0.4) is 0 Å². The highest BCUT2D eigenvalue weighted by Crippen LogP contribution is 2.62. The van der Waals surface area contributed by atoms with Crippen LogP contribution in [0.25, 0.3) is 0 Å². The first-order valence-electron chi connectivity index (χ1n) is 43.8. The normalized spacial score (nSPS) is 22.3. The summed E-state index contributed by atoms with van der Waals surface area (Å²) in [4.78, 5) is 57.5. The minimum absolute atomic E-state index is 0.00516. The first kappa shape index (κ1) is 97.7. The van der Waals surface area contributed by atoms with Crippen molar-refractivity contribution in [2.45, 2.75) is 91.6 Å². The van der Waals surface area contributed by atoms with Crippen molar-refractivity contribution in [2.24, 2.45) is 50.0 Å². The lowest BCUT2D eigenvalue weighted by Crippen LogP contribution is -2.50. The number of ether oxygens (including phenoxy) is 6. The third-order valence-electron chi connectivity index (χ3n) is 24.0. The van der Waals surface area contributed by atoms with Gasteiger partial charge >= 0.3 is 0 Å². The first-order chi connectivity index (χ1) is 65.7. The second kappa shape index (κ2) is 43.1. The van der Waals surface area contributed by atoms with Crippen LogP contribution < -0.4 is 33.8 Å². The van der Waals surface area contributed by atoms with Gasteiger partial charge in [-0.25, -0.2) is 50.2 Å². The molecule has 10 aliphatic rings. The SMILES string of the molecule is C=CCC1COc2ccccc2C12NN=C(c1cc(F)ccc1F)S2.C=CCC1COc2ccccc2C12SC(c1cc(F)ccc1F)=NN2C(C)=O.C=CCC1COc2ccccc2C1=O.CC(=O)N1N=C(c2cc(F)ccc2F)SC12c1ccccc1OCC2CCCO.CC(=O)N1N=C(c2cc(F)ccc2F)S[C@@]12c1ccccc1OC[C@H]2CCCO.O=C1CCOc2ccccc21. The monoisotopic (exact) mass is 1930 g/mol. The molecule has 21 nitrogen and oxygen atoms in total. The standard InChI is InChI=1S/2C21H20F2N2O3S.C21H18F2N2O2S.C19H16F2N2OS.C12H12O2.C9H8O2/c2*1-13(27)25-21(29-20(24-25)16-11-15(22)8-9-18(16)23)14(5-4-10-26)12-28-19-7-3-2-6-17(19)21;1-3-6-14-12-27-19-8-5-4-7-17(19)21(14)25(13(2)26)24-20(28-21)16-11-15(22)9-10-18(16)23;1-2-5-12-11-24-17-7-4-3-6-15(17)19(12)23-22-18(25-19)14-10-13(20)8-9-16(14)21;1-2-5-9-8-14-11-7-4-3-6-10(11)12(9)13;10-8-5-6-11-9-4-2-1-3-7(8)9/h2*2-3,6-9,11,14,26H,4-5,10,12H2,1H3;3-5,7-11,14H,1,6,12H2,2H3;2-4,6-10,12,23H,1,5,11H2;2-4,6-7,9H,1,5,8H2;1-4H,5-6H2/t14-,21+;;;;;/m1...../s1. The molecule has 0 bridgehead atoms. The Labute approximate surface area is 797 Å². The summed E-state index contributed by atoms with van der Waals surface area (Å²) in [6.45, 7) is 18.0. The highest BCUT2D eigenvalue weighted by atomic mass is 32.2. The Kier molecular flexibility index (Phi) is 30.9. The number of hydrazone groups is 4. The van der Waals surface area contributed by atoms with Crippen LogP contribution in [-0.2, 0) is 33.9 Å². The quantitative estimate of drug-likeness (QED) is 0.0600. The van der Waals surface area contributed by atoms with Crippen molar-refractivity contribution in [3.63, 3.8) is 0 Å². The van der Waals surface area contributed by atoms with Gasteiger partial charge in [0.1, 0.15) is 106 Å². The molecule has 33 heteroatoms. The van der Waals surface area contributed by atoms with Gasteiger partial charge in [-0.1, -0.05) is 162 Å². The van der Waals surface area contributed by atoms with Gasteiger partial charge in [-0.3, -0.25) is 29.4 Å². The van der Waals surface area contributed by atoms with Crippen molar-refractivity contribution in [3.8, 4) is 34.5 Å². The predicted octanol–water partition coefficient (Wildman–Crippen LogP) is 20.9. The number of Topliss-reactive ketones (excluding diaryl/α,β-unsaturated/α-hetero) is 2. The molecule has 10 aromatic rings.